The summed E-state index contributed by atoms with van der Waals surface area (Å²) in [6.07, 6.45) is 1.07. The van der Waals surface area contributed by atoms with E-state index in [0.717, 1.165) is 38.5 Å². The molecule has 0 aromatic heterocycles. The summed E-state index contributed by atoms with van der Waals surface area (Å²) in [4.78, 5) is 4.71. The first-order valence-corrected chi connectivity index (χ1v) is 6.08. The van der Waals surface area contributed by atoms with Crippen LogP contribution in [0, 0.1) is 5.92 Å². The SMILES string of the molecule is CCC(N)CN(CCN(C)C)CC(C)C. The van der Waals surface area contributed by atoms with Crippen LogP contribution < -0.4 is 5.73 Å². The van der Waals surface area contributed by atoms with Gasteiger partial charge >= 0.3 is 0 Å². The van der Waals surface area contributed by atoms with Crippen LogP contribution in [0.2, 0.25) is 0 Å². The molecule has 92 valence electrons. The van der Waals surface area contributed by atoms with Crippen molar-refractivity contribution < 1.29 is 0 Å². The summed E-state index contributed by atoms with van der Waals surface area (Å²) >= 11 is 0. The smallest absolute Gasteiger partial charge is 0.0165 e. The molecule has 0 amide bonds. The second kappa shape index (κ2) is 8.08. The minimum atomic E-state index is 0.325. The highest BCUT2D eigenvalue weighted by Gasteiger charge is 2.10. The normalized spacial score (nSPS) is 14.2. The van der Waals surface area contributed by atoms with Crippen LogP contribution in [0.3, 0.4) is 0 Å². The topological polar surface area (TPSA) is 32.5 Å². The molecular formula is C12H29N3. The van der Waals surface area contributed by atoms with Gasteiger partial charge in [-0.1, -0.05) is 20.8 Å². The van der Waals surface area contributed by atoms with Crippen LogP contribution in [0.25, 0.3) is 0 Å². The molecule has 0 spiro atoms. The number of hydrogen-bond acceptors (Lipinski definition) is 3. The fraction of sp³-hybridized carbons (Fsp3) is 1.00. The first-order chi connectivity index (χ1) is 6.95. The molecule has 0 saturated carbocycles. The zero-order chi connectivity index (χ0) is 11.8. The van der Waals surface area contributed by atoms with E-state index in [-0.39, 0.29) is 0 Å². The Bertz CT molecular complexity index is 146. The number of hydrogen-bond donors (Lipinski definition) is 1. The Morgan fingerprint density at radius 2 is 1.67 bits per heavy atom. The molecule has 3 heteroatoms. The highest BCUT2D eigenvalue weighted by atomic mass is 15.2. The van der Waals surface area contributed by atoms with Gasteiger partial charge in [0.25, 0.3) is 0 Å². The lowest BCUT2D eigenvalue weighted by atomic mass is 10.1. The van der Waals surface area contributed by atoms with Crippen molar-refractivity contribution in [3.63, 3.8) is 0 Å². The Kier molecular flexibility index (Phi) is 8.02. The Morgan fingerprint density at radius 1 is 1.07 bits per heavy atom. The van der Waals surface area contributed by atoms with Crippen molar-refractivity contribution in [2.24, 2.45) is 11.7 Å². The van der Waals surface area contributed by atoms with Crippen molar-refractivity contribution in [2.75, 3.05) is 40.3 Å². The molecule has 0 aromatic carbocycles. The van der Waals surface area contributed by atoms with Crippen molar-refractivity contribution in [2.45, 2.75) is 33.2 Å². The van der Waals surface area contributed by atoms with E-state index < -0.39 is 0 Å². The van der Waals surface area contributed by atoms with Crippen molar-refractivity contribution in [1.29, 1.82) is 0 Å². The molecule has 0 radical (unpaired) electrons. The van der Waals surface area contributed by atoms with Crippen LogP contribution >= 0.6 is 0 Å². The second-order valence-corrected chi connectivity index (χ2v) is 5.13. The van der Waals surface area contributed by atoms with E-state index in [1.54, 1.807) is 0 Å². The largest absolute Gasteiger partial charge is 0.327 e. The molecule has 15 heavy (non-hydrogen) atoms. The van der Waals surface area contributed by atoms with Crippen LogP contribution in [0.5, 0.6) is 0 Å². The lowest BCUT2D eigenvalue weighted by Gasteiger charge is -2.28. The molecule has 0 aliphatic rings. The highest BCUT2D eigenvalue weighted by molar-refractivity contribution is 4.69. The highest BCUT2D eigenvalue weighted by Crippen LogP contribution is 2.01. The Balaban J connectivity index is 3.94. The van der Waals surface area contributed by atoms with Gasteiger partial charge in [0.15, 0.2) is 0 Å². The van der Waals surface area contributed by atoms with Gasteiger partial charge in [0.1, 0.15) is 0 Å². The van der Waals surface area contributed by atoms with Gasteiger partial charge < -0.3 is 15.5 Å². The quantitative estimate of drug-likeness (QED) is 0.661. The number of nitrogens with two attached hydrogens (primary N) is 1. The predicted molar refractivity (Wildman–Crippen MR) is 68.1 cm³/mol. The summed E-state index contributed by atoms with van der Waals surface area (Å²) < 4.78 is 0. The molecule has 0 saturated heterocycles. The van der Waals surface area contributed by atoms with Gasteiger partial charge in [-0.2, -0.15) is 0 Å². The van der Waals surface area contributed by atoms with Gasteiger partial charge in [-0.3, -0.25) is 0 Å². The Labute approximate surface area is 95.6 Å². The summed E-state index contributed by atoms with van der Waals surface area (Å²) in [5.41, 5.74) is 6.00. The van der Waals surface area contributed by atoms with Gasteiger partial charge in [-0.05, 0) is 26.4 Å². The van der Waals surface area contributed by atoms with E-state index in [0.29, 0.717) is 6.04 Å². The first kappa shape index (κ1) is 14.9. The predicted octanol–water partition coefficient (Wildman–Crippen LogP) is 1.24. The summed E-state index contributed by atoms with van der Waals surface area (Å²) in [6, 6.07) is 0.325. The molecule has 2 N–H and O–H groups in total. The molecule has 0 aliphatic carbocycles. The van der Waals surface area contributed by atoms with Gasteiger partial charge in [0.2, 0.25) is 0 Å². The van der Waals surface area contributed by atoms with Gasteiger partial charge in [0.05, 0.1) is 0 Å². The average Bonchev–Trinajstić information content (AvgIpc) is 2.13. The van der Waals surface area contributed by atoms with Gasteiger partial charge in [-0.25, -0.2) is 0 Å². The zero-order valence-electron chi connectivity index (χ0n) is 11.2. The first-order valence-electron chi connectivity index (χ1n) is 6.08. The fourth-order valence-corrected chi connectivity index (χ4v) is 1.58. The van der Waals surface area contributed by atoms with Crippen LogP contribution in [0.15, 0.2) is 0 Å². The van der Waals surface area contributed by atoms with E-state index >= 15 is 0 Å². The van der Waals surface area contributed by atoms with Crippen molar-refractivity contribution in [3.05, 3.63) is 0 Å². The van der Waals surface area contributed by atoms with Crippen LogP contribution in [0.4, 0.5) is 0 Å². The summed E-state index contributed by atoms with van der Waals surface area (Å²) in [5.74, 6) is 0.719. The van der Waals surface area contributed by atoms with E-state index in [1.807, 2.05) is 0 Å². The third-order valence-corrected chi connectivity index (χ3v) is 2.50. The molecule has 3 nitrogen and oxygen atoms in total. The lowest BCUT2D eigenvalue weighted by Crippen LogP contribution is -2.42. The summed E-state index contributed by atoms with van der Waals surface area (Å²) in [7, 11) is 4.24. The van der Waals surface area contributed by atoms with Gasteiger partial charge in [0, 0.05) is 32.2 Å². The number of nitrogens with zero attached hydrogens (tertiary/aromatic N) is 2. The number of likely N-dealkylation sites (N-methyl/N-ethyl adjacent to an activating group) is 1. The van der Waals surface area contributed by atoms with Gasteiger partial charge in [-0.15, -0.1) is 0 Å². The maximum absolute atomic E-state index is 6.00. The number of rotatable bonds is 8. The Hall–Kier alpha value is -0.120. The van der Waals surface area contributed by atoms with Crippen LogP contribution in [-0.4, -0.2) is 56.1 Å². The van der Waals surface area contributed by atoms with Crippen molar-refractivity contribution in [1.82, 2.24) is 9.80 Å². The average molecular weight is 215 g/mol. The van der Waals surface area contributed by atoms with Crippen LogP contribution in [0.1, 0.15) is 27.2 Å². The van der Waals surface area contributed by atoms with Crippen LogP contribution in [-0.2, 0) is 0 Å². The summed E-state index contributed by atoms with van der Waals surface area (Å²) in [5, 5.41) is 0. The lowest BCUT2D eigenvalue weighted by molar-refractivity contribution is 0.206. The molecule has 0 fully saturated rings. The molecule has 0 aliphatic heterocycles. The molecule has 1 atom stereocenters. The zero-order valence-corrected chi connectivity index (χ0v) is 11.2. The van der Waals surface area contributed by atoms with E-state index in [9.17, 15) is 0 Å². The second-order valence-electron chi connectivity index (χ2n) is 5.13. The fourth-order valence-electron chi connectivity index (χ4n) is 1.58. The molecule has 0 bridgehead atoms. The standard InChI is InChI=1S/C12H29N3/c1-6-12(13)10-15(9-11(2)3)8-7-14(4)5/h11-12H,6-10,13H2,1-5H3. The molecule has 1 unspecified atom stereocenters. The molecule has 0 rings (SSSR count). The minimum Gasteiger partial charge on any atom is -0.327 e. The van der Waals surface area contributed by atoms with Crippen molar-refractivity contribution in [3.8, 4) is 0 Å². The Morgan fingerprint density at radius 3 is 2.07 bits per heavy atom. The van der Waals surface area contributed by atoms with E-state index in [1.165, 1.54) is 0 Å². The van der Waals surface area contributed by atoms with Crippen molar-refractivity contribution >= 4 is 0 Å². The van der Waals surface area contributed by atoms with E-state index in [4.69, 9.17) is 5.73 Å². The maximum Gasteiger partial charge on any atom is 0.0165 e. The maximum atomic E-state index is 6.00. The minimum absolute atomic E-state index is 0.325. The monoisotopic (exact) mass is 215 g/mol. The van der Waals surface area contributed by atoms with E-state index in [2.05, 4.69) is 44.7 Å². The third-order valence-electron chi connectivity index (χ3n) is 2.50. The molecular weight excluding hydrogens is 186 g/mol. The molecule has 0 aromatic rings. The third kappa shape index (κ3) is 8.85. The molecule has 0 heterocycles. The summed E-state index contributed by atoms with van der Waals surface area (Å²) in [6.45, 7) is 11.1.